The van der Waals surface area contributed by atoms with E-state index in [0.717, 1.165) is 11.1 Å². The molecule has 0 spiro atoms. The number of aliphatic hydroxyl groups excluding tert-OH is 1. The fourth-order valence-corrected chi connectivity index (χ4v) is 1.30. The van der Waals surface area contributed by atoms with E-state index >= 15 is 0 Å². The fraction of sp³-hybridized carbons (Fsp3) is 0.111. The number of fused-ring (bicyclic) bond motifs is 1. The summed E-state index contributed by atoms with van der Waals surface area (Å²) >= 11 is 0. The van der Waals surface area contributed by atoms with E-state index < -0.39 is 6.10 Å². The first-order chi connectivity index (χ1) is 5.29. The van der Waals surface area contributed by atoms with Gasteiger partial charge in [-0.05, 0) is 11.6 Å². The smallest absolute Gasteiger partial charge is 0.123 e. The predicted octanol–water partition coefficient (Wildman–Crippen LogP) is 1.45. The fourth-order valence-electron chi connectivity index (χ4n) is 1.30. The average molecular weight is 148 g/mol. The van der Waals surface area contributed by atoms with Gasteiger partial charge < -0.3 is 10.2 Å². The first kappa shape index (κ1) is 6.43. The van der Waals surface area contributed by atoms with E-state index in [2.05, 4.69) is 0 Å². The molecule has 1 atom stereocenters. The summed E-state index contributed by atoms with van der Waals surface area (Å²) in [5.41, 5.74) is 1.52. The molecule has 1 aliphatic rings. The van der Waals surface area contributed by atoms with Gasteiger partial charge in [0.25, 0.3) is 0 Å². The molecule has 0 bridgehead atoms. The molecule has 2 nitrogen and oxygen atoms in total. The Bertz CT molecular complexity index is 315. The molecule has 2 rings (SSSR count). The maximum absolute atomic E-state index is 9.31. The largest absolute Gasteiger partial charge is 0.507 e. The first-order valence-corrected chi connectivity index (χ1v) is 3.47. The Hall–Kier alpha value is -1.28. The van der Waals surface area contributed by atoms with E-state index in [9.17, 15) is 10.2 Å². The van der Waals surface area contributed by atoms with E-state index in [1.807, 2.05) is 0 Å². The summed E-state index contributed by atoms with van der Waals surface area (Å²) in [4.78, 5) is 0. The molecule has 56 valence electrons. The molecule has 0 aromatic heterocycles. The summed E-state index contributed by atoms with van der Waals surface area (Å²) in [5, 5.41) is 18.6. The Labute approximate surface area is 64.4 Å². The second-order valence-corrected chi connectivity index (χ2v) is 2.58. The van der Waals surface area contributed by atoms with Crippen LogP contribution in [0.25, 0.3) is 6.08 Å². The van der Waals surface area contributed by atoms with Crippen LogP contribution in [0.2, 0.25) is 0 Å². The third-order valence-corrected chi connectivity index (χ3v) is 1.88. The molecule has 1 aliphatic carbocycles. The van der Waals surface area contributed by atoms with Gasteiger partial charge in [0.15, 0.2) is 0 Å². The second kappa shape index (κ2) is 2.10. The molecule has 2 heteroatoms. The standard InChI is InChI=1S/C9H8O2/c10-8-3-1-2-6-7(8)4-5-9(6)11/h1-5,9-11H. The monoisotopic (exact) mass is 148 g/mol. The molecule has 1 aromatic rings. The highest BCUT2D eigenvalue weighted by Gasteiger charge is 2.15. The first-order valence-electron chi connectivity index (χ1n) is 3.47. The van der Waals surface area contributed by atoms with Gasteiger partial charge in [0.1, 0.15) is 5.75 Å². The Kier molecular flexibility index (Phi) is 1.23. The molecule has 0 amide bonds. The van der Waals surface area contributed by atoms with E-state index in [1.54, 1.807) is 30.4 Å². The van der Waals surface area contributed by atoms with Crippen molar-refractivity contribution in [2.75, 3.05) is 0 Å². The zero-order valence-corrected chi connectivity index (χ0v) is 5.86. The molecular weight excluding hydrogens is 140 g/mol. The van der Waals surface area contributed by atoms with Gasteiger partial charge in [0, 0.05) is 5.56 Å². The molecule has 1 aromatic carbocycles. The predicted molar refractivity (Wildman–Crippen MR) is 42.1 cm³/mol. The lowest BCUT2D eigenvalue weighted by Crippen LogP contribution is -1.89. The maximum Gasteiger partial charge on any atom is 0.123 e. The Morgan fingerprint density at radius 3 is 2.82 bits per heavy atom. The summed E-state index contributed by atoms with van der Waals surface area (Å²) in [5.74, 6) is 0.232. The van der Waals surface area contributed by atoms with Gasteiger partial charge in [0.2, 0.25) is 0 Å². The lowest BCUT2D eigenvalue weighted by Gasteiger charge is -2.03. The lowest BCUT2D eigenvalue weighted by molar-refractivity contribution is 0.232. The molecule has 0 fully saturated rings. The van der Waals surface area contributed by atoms with E-state index in [0.29, 0.717) is 0 Å². The van der Waals surface area contributed by atoms with Gasteiger partial charge in [-0.15, -0.1) is 0 Å². The molecular formula is C9H8O2. The number of benzene rings is 1. The van der Waals surface area contributed by atoms with Gasteiger partial charge in [-0.3, -0.25) is 0 Å². The van der Waals surface area contributed by atoms with Crippen molar-refractivity contribution in [2.24, 2.45) is 0 Å². The van der Waals surface area contributed by atoms with E-state index in [1.165, 1.54) is 0 Å². The Morgan fingerprint density at radius 2 is 2.09 bits per heavy atom. The van der Waals surface area contributed by atoms with Crippen LogP contribution < -0.4 is 0 Å². The van der Waals surface area contributed by atoms with Crippen molar-refractivity contribution in [3.8, 4) is 5.75 Å². The average Bonchev–Trinajstić information content (AvgIpc) is 2.35. The van der Waals surface area contributed by atoms with Gasteiger partial charge in [0.05, 0.1) is 6.10 Å². The van der Waals surface area contributed by atoms with Gasteiger partial charge >= 0.3 is 0 Å². The number of rotatable bonds is 0. The minimum absolute atomic E-state index is 0.232. The summed E-state index contributed by atoms with van der Waals surface area (Å²) in [6, 6.07) is 5.14. The Morgan fingerprint density at radius 1 is 1.27 bits per heavy atom. The number of phenols is 1. The molecule has 0 aliphatic heterocycles. The van der Waals surface area contributed by atoms with Crippen LogP contribution in [-0.4, -0.2) is 10.2 Å². The topological polar surface area (TPSA) is 40.5 Å². The third kappa shape index (κ3) is 0.835. The number of aliphatic hydroxyl groups is 1. The maximum atomic E-state index is 9.31. The van der Waals surface area contributed by atoms with Crippen LogP contribution in [0.4, 0.5) is 0 Å². The SMILES string of the molecule is Oc1cccc2c1C=CC2O. The zero-order valence-electron chi connectivity index (χ0n) is 5.86. The molecule has 0 saturated heterocycles. The minimum atomic E-state index is -0.544. The van der Waals surface area contributed by atoms with Crippen molar-refractivity contribution in [3.63, 3.8) is 0 Å². The highest BCUT2D eigenvalue weighted by Crippen LogP contribution is 2.33. The van der Waals surface area contributed by atoms with E-state index in [-0.39, 0.29) is 5.75 Å². The van der Waals surface area contributed by atoms with Crippen LogP contribution in [0.1, 0.15) is 17.2 Å². The highest BCUT2D eigenvalue weighted by atomic mass is 16.3. The zero-order chi connectivity index (χ0) is 7.84. The summed E-state index contributed by atoms with van der Waals surface area (Å²) < 4.78 is 0. The summed E-state index contributed by atoms with van der Waals surface area (Å²) in [6.45, 7) is 0. The number of aromatic hydroxyl groups is 1. The molecule has 0 saturated carbocycles. The molecule has 0 radical (unpaired) electrons. The number of hydrogen-bond acceptors (Lipinski definition) is 2. The quantitative estimate of drug-likeness (QED) is 0.584. The van der Waals surface area contributed by atoms with Gasteiger partial charge in [-0.25, -0.2) is 0 Å². The lowest BCUT2D eigenvalue weighted by atomic mass is 10.1. The van der Waals surface area contributed by atoms with Crippen molar-refractivity contribution < 1.29 is 10.2 Å². The third-order valence-electron chi connectivity index (χ3n) is 1.88. The van der Waals surface area contributed by atoms with E-state index in [4.69, 9.17) is 0 Å². The highest BCUT2D eigenvalue weighted by molar-refractivity contribution is 5.66. The minimum Gasteiger partial charge on any atom is -0.507 e. The van der Waals surface area contributed by atoms with Crippen LogP contribution in [0, 0.1) is 0 Å². The summed E-state index contributed by atoms with van der Waals surface area (Å²) in [7, 11) is 0. The molecule has 1 unspecified atom stereocenters. The van der Waals surface area contributed by atoms with Crippen LogP contribution in [-0.2, 0) is 0 Å². The van der Waals surface area contributed by atoms with Crippen LogP contribution in [0.5, 0.6) is 5.75 Å². The normalized spacial score (nSPS) is 20.3. The van der Waals surface area contributed by atoms with Crippen molar-refractivity contribution in [3.05, 3.63) is 35.4 Å². The van der Waals surface area contributed by atoms with Crippen molar-refractivity contribution in [1.29, 1.82) is 0 Å². The second-order valence-electron chi connectivity index (χ2n) is 2.58. The summed E-state index contributed by atoms with van der Waals surface area (Å²) in [6.07, 6.45) is 2.84. The van der Waals surface area contributed by atoms with Crippen molar-refractivity contribution in [1.82, 2.24) is 0 Å². The van der Waals surface area contributed by atoms with Gasteiger partial charge in [-0.1, -0.05) is 24.3 Å². The molecule has 2 N–H and O–H groups in total. The van der Waals surface area contributed by atoms with Gasteiger partial charge in [-0.2, -0.15) is 0 Å². The Balaban J connectivity index is 2.65. The van der Waals surface area contributed by atoms with Crippen molar-refractivity contribution in [2.45, 2.75) is 6.10 Å². The molecule has 11 heavy (non-hydrogen) atoms. The number of phenolic OH excluding ortho intramolecular Hbond substituents is 1. The van der Waals surface area contributed by atoms with Crippen LogP contribution in [0.3, 0.4) is 0 Å². The van der Waals surface area contributed by atoms with Crippen LogP contribution >= 0.6 is 0 Å². The number of hydrogen-bond donors (Lipinski definition) is 2. The van der Waals surface area contributed by atoms with Crippen LogP contribution in [0.15, 0.2) is 24.3 Å². The van der Waals surface area contributed by atoms with Crippen molar-refractivity contribution >= 4 is 6.08 Å². The molecule has 0 heterocycles.